The topological polar surface area (TPSA) is 82.1 Å². The lowest BCUT2D eigenvalue weighted by Crippen LogP contribution is -2.45. The van der Waals surface area contributed by atoms with Crippen LogP contribution in [0.15, 0.2) is 30.3 Å². The monoisotopic (exact) mass is 443 g/mol. The highest BCUT2D eigenvalue weighted by Crippen LogP contribution is 2.39. The number of nitrogens with zero attached hydrogens (tertiary/aromatic N) is 1. The first-order chi connectivity index (χ1) is 13.3. The summed E-state index contributed by atoms with van der Waals surface area (Å²) < 4.78 is 39.8. The van der Waals surface area contributed by atoms with Crippen LogP contribution in [-0.4, -0.2) is 59.3 Å². The molecule has 7 nitrogen and oxygen atoms in total. The van der Waals surface area contributed by atoms with Crippen LogP contribution in [0.3, 0.4) is 0 Å². The second-order valence-electron chi connectivity index (χ2n) is 9.07. The fourth-order valence-corrected chi connectivity index (χ4v) is 4.70. The molecule has 0 saturated carbocycles. The van der Waals surface area contributed by atoms with E-state index >= 15 is 0 Å². The molecule has 0 aromatic heterocycles. The molecule has 0 N–H and O–H groups in total. The molecule has 0 radical (unpaired) electrons. The number of hydrogen-bond acceptors (Lipinski definition) is 6. The van der Waals surface area contributed by atoms with Crippen LogP contribution in [0.1, 0.15) is 32.8 Å². The summed E-state index contributed by atoms with van der Waals surface area (Å²) in [5.41, 5.74) is 0.887. The van der Waals surface area contributed by atoms with Gasteiger partial charge < -0.3 is 14.1 Å². The molecule has 0 aliphatic carbocycles. The van der Waals surface area contributed by atoms with E-state index in [0.717, 1.165) is 11.8 Å². The van der Waals surface area contributed by atoms with Crippen LogP contribution < -0.4 is 0 Å². The van der Waals surface area contributed by atoms with Crippen molar-refractivity contribution < 1.29 is 26.6 Å². The molecule has 164 valence electrons. The van der Waals surface area contributed by atoms with Crippen LogP contribution >= 0.6 is 0 Å². The van der Waals surface area contributed by atoms with Gasteiger partial charge in [-0.3, -0.25) is 4.18 Å². The normalized spacial score (nSPS) is 20.7. The van der Waals surface area contributed by atoms with Gasteiger partial charge in [0.25, 0.3) is 10.1 Å². The second-order valence-corrected chi connectivity index (χ2v) is 15.5. The van der Waals surface area contributed by atoms with Crippen molar-refractivity contribution >= 4 is 24.5 Å². The Morgan fingerprint density at radius 3 is 2.38 bits per heavy atom. The van der Waals surface area contributed by atoms with Crippen LogP contribution in [0.4, 0.5) is 4.79 Å². The van der Waals surface area contributed by atoms with Gasteiger partial charge in [-0.2, -0.15) is 8.42 Å². The predicted octanol–water partition coefficient (Wildman–Crippen LogP) is 3.76. The van der Waals surface area contributed by atoms with Crippen LogP contribution in [0.5, 0.6) is 0 Å². The molecule has 1 fully saturated rings. The van der Waals surface area contributed by atoms with E-state index in [9.17, 15) is 13.2 Å². The summed E-state index contributed by atoms with van der Waals surface area (Å²) in [7, 11) is -5.64. The molecule has 2 rings (SSSR count). The third-order valence-electron chi connectivity index (χ3n) is 5.56. The molecule has 1 amide bonds. The summed E-state index contributed by atoms with van der Waals surface area (Å²) >= 11 is 0. The van der Waals surface area contributed by atoms with Gasteiger partial charge in [-0.05, 0) is 30.1 Å². The van der Waals surface area contributed by atoms with Gasteiger partial charge in [0, 0.05) is 6.54 Å². The van der Waals surface area contributed by atoms with E-state index in [1.165, 1.54) is 4.90 Å². The summed E-state index contributed by atoms with van der Waals surface area (Å²) in [5.74, 6) is 0. The van der Waals surface area contributed by atoms with Crippen molar-refractivity contribution in [2.45, 2.75) is 64.1 Å². The van der Waals surface area contributed by atoms with Gasteiger partial charge in [0.15, 0.2) is 8.32 Å². The second kappa shape index (κ2) is 9.16. The maximum atomic E-state index is 12.7. The summed E-state index contributed by atoms with van der Waals surface area (Å²) in [4.78, 5) is 14.2. The van der Waals surface area contributed by atoms with Crippen molar-refractivity contribution in [2.24, 2.45) is 0 Å². The molecule has 1 aromatic carbocycles. The minimum atomic E-state index is -3.60. The van der Waals surface area contributed by atoms with Crippen molar-refractivity contribution in [3.63, 3.8) is 0 Å². The molecule has 29 heavy (non-hydrogen) atoms. The average molecular weight is 444 g/mol. The number of carbonyl (C=O) groups is 1. The summed E-state index contributed by atoms with van der Waals surface area (Å²) in [6, 6.07) is 9.00. The van der Waals surface area contributed by atoms with Crippen molar-refractivity contribution in [1.29, 1.82) is 0 Å². The number of benzene rings is 1. The van der Waals surface area contributed by atoms with E-state index in [1.807, 2.05) is 30.3 Å². The highest BCUT2D eigenvalue weighted by atomic mass is 32.2. The summed E-state index contributed by atoms with van der Waals surface area (Å²) in [6.07, 6.45) is 0.858. The van der Waals surface area contributed by atoms with E-state index in [4.69, 9.17) is 13.3 Å². The maximum Gasteiger partial charge on any atom is 0.410 e. The number of carbonyl (C=O) groups excluding carboxylic acids is 1. The lowest BCUT2D eigenvalue weighted by Gasteiger charge is -2.38. The van der Waals surface area contributed by atoms with Gasteiger partial charge in [0.1, 0.15) is 6.61 Å². The molecule has 1 aliphatic heterocycles. The fraction of sp³-hybridized carbons (Fsp3) is 0.650. The van der Waals surface area contributed by atoms with E-state index < -0.39 is 30.6 Å². The highest BCUT2D eigenvalue weighted by Gasteiger charge is 2.44. The largest absolute Gasteiger partial charge is 0.445 e. The SMILES string of the molecule is CC(C)(C)[Si](C)(C)O[C@H]1C[C@@H](COS(C)(=O)=O)N(C(=O)OCc2ccccc2)C1. The first-order valence-electron chi connectivity index (χ1n) is 9.78. The van der Waals surface area contributed by atoms with Crippen molar-refractivity contribution in [3.8, 4) is 0 Å². The molecule has 1 aromatic rings. The predicted molar refractivity (Wildman–Crippen MR) is 115 cm³/mol. The van der Waals surface area contributed by atoms with E-state index in [-0.39, 0.29) is 24.4 Å². The van der Waals surface area contributed by atoms with Gasteiger partial charge in [-0.15, -0.1) is 0 Å². The number of likely N-dealkylation sites (tertiary alicyclic amines) is 1. The average Bonchev–Trinajstić information content (AvgIpc) is 2.99. The number of rotatable bonds is 7. The number of amides is 1. The molecule has 0 spiro atoms. The molecule has 9 heteroatoms. The first kappa shape index (κ1) is 23.9. The lowest BCUT2D eigenvalue weighted by atomic mass is 10.2. The van der Waals surface area contributed by atoms with Crippen LogP contribution in [0.2, 0.25) is 18.1 Å². The Morgan fingerprint density at radius 2 is 1.83 bits per heavy atom. The molecular weight excluding hydrogens is 410 g/mol. The van der Waals surface area contributed by atoms with Crippen molar-refractivity contribution in [1.82, 2.24) is 4.90 Å². The Labute approximate surface area is 175 Å². The number of ether oxygens (including phenoxy) is 1. The smallest absolute Gasteiger partial charge is 0.410 e. The Bertz CT molecular complexity index is 791. The van der Waals surface area contributed by atoms with Gasteiger partial charge in [-0.1, -0.05) is 51.1 Å². The van der Waals surface area contributed by atoms with Gasteiger partial charge in [-0.25, -0.2) is 4.79 Å². The van der Waals surface area contributed by atoms with Gasteiger partial charge in [0.2, 0.25) is 0 Å². The first-order valence-corrected chi connectivity index (χ1v) is 14.5. The van der Waals surface area contributed by atoms with E-state index in [0.29, 0.717) is 13.0 Å². The standard InChI is InChI=1S/C20H33NO6SSi/c1-20(2,3)29(5,6)27-18-12-17(15-26-28(4,23)24)21(13-18)19(22)25-14-16-10-8-7-9-11-16/h7-11,17-18H,12-15H2,1-6H3/t17-,18-/m0/s1. The van der Waals surface area contributed by atoms with Gasteiger partial charge in [0.05, 0.1) is 25.0 Å². The molecule has 1 heterocycles. The van der Waals surface area contributed by atoms with Crippen molar-refractivity contribution in [3.05, 3.63) is 35.9 Å². The summed E-state index contributed by atoms with van der Waals surface area (Å²) in [6.45, 7) is 11.2. The third-order valence-corrected chi connectivity index (χ3v) is 10.7. The fourth-order valence-electron chi connectivity index (χ4n) is 2.94. The minimum absolute atomic E-state index is 0.0347. The zero-order valence-electron chi connectivity index (χ0n) is 18.2. The molecule has 2 atom stereocenters. The molecule has 0 unspecified atom stereocenters. The molecule has 0 bridgehead atoms. The zero-order valence-corrected chi connectivity index (χ0v) is 20.0. The Balaban J connectivity index is 2.07. The Hall–Kier alpha value is -1.42. The molecule has 1 saturated heterocycles. The number of hydrogen-bond donors (Lipinski definition) is 0. The zero-order chi connectivity index (χ0) is 21.9. The summed E-state index contributed by atoms with van der Waals surface area (Å²) in [5, 5.41) is 0.0347. The quantitative estimate of drug-likeness (QED) is 0.471. The van der Waals surface area contributed by atoms with Gasteiger partial charge >= 0.3 is 6.09 Å². The third kappa shape index (κ3) is 7.09. The minimum Gasteiger partial charge on any atom is -0.445 e. The van der Waals surface area contributed by atoms with Crippen LogP contribution in [0, 0.1) is 0 Å². The van der Waals surface area contributed by atoms with E-state index in [1.54, 1.807) is 0 Å². The highest BCUT2D eigenvalue weighted by molar-refractivity contribution is 7.85. The molecular formula is C20H33NO6SSi. The molecule has 1 aliphatic rings. The Morgan fingerprint density at radius 1 is 1.21 bits per heavy atom. The van der Waals surface area contributed by atoms with Crippen LogP contribution in [0.25, 0.3) is 0 Å². The Kier molecular flexibility index (Phi) is 7.53. The van der Waals surface area contributed by atoms with Crippen LogP contribution in [-0.2, 0) is 30.1 Å². The van der Waals surface area contributed by atoms with E-state index in [2.05, 4.69) is 33.9 Å². The van der Waals surface area contributed by atoms with Crippen molar-refractivity contribution in [2.75, 3.05) is 19.4 Å². The lowest BCUT2D eigenvalue weighted by molar-refractivity contribution is 0.0806. The maximum absolute atomic E-state index is 12.7.